The van der Waals surface area contributed by atoms with Gasteiger partial charge in [-0.15, -0.1) is 0 Å². The van der Waals surface area contributed by atoms with Crippen LogP contribution in [0.5, 0.6) is 0 Å². The van der Waals surface area contributed by atoms with Crippen molar-refractivity contribution in [1.29, 1.82) is 0 Å². The Morgan fingerprint density at radius 1 is 1.15 bits per heavy atom. The Labute approximate surface area is 118 Å². The van der Waals surface area contributed by atoms with E-state index in [9.17, 15) is 21.6 Å². The molecule has 0 bridgehead atoms. The zero-order chi connectivity index (χ0) is 15.6. The first-order valence-electron chi connectivity index (χ1n) is 5.61. The lowest BCUT2D eigenvalue weighted by molar-refractivity contribution is 0.506. The molecule has 0 saturated carbocycles. The molecule has 20 heavy (non-hydrogen) atoms. The second kappa shape index (κ2) is 5.84. The number of hydrogen-bond donors (Lipinski definition) is 0. The van der Waals surface area contributed by atoms with Crippen LogP contribution in [0.4, 0.5) is 0 Å². The van der Waals surface area contributed by atoms with Crippen LogP contribution >= 0.6 is 0 Å². The molecule has 0 radical (unpaired) electrons. The van der Waals surface area contributed by atoms with Crippen molar-refractivity contribution in [1.82, 2.24) is 3.71 Å². The van der Waals surface area contributed by atoms with Crippen LogP contribution < -0.4 is 0 Å². The molecule has 0 N–H and O–H groups in total. The van der Waals surface area contributed by atoms with E-state index < -0.39 is 20.2 Å². The van der Waals surface area contributed by atoms with Crippen LogP contribution in [0.25, 0.3) is 0 Å². The first-order chi connectivity index (χ1) is 9.16. The van der Waals surface area contributed by atoms with Crippen LogP contribution in [0.1, 0.15) is 18.1 Å². The highest BCUT2D eigenvalue weighted by Gasteiger charge is 2.34. The monoisotopic (exact) mass is 318 g/mol. The predicted octanol–water partition coefficient (Wildman–Crippen LogP) is 0.895. The minimum Gasteiger partial charge on any atom is -0.210 e. The van der Waals surface area contributed by atoms with E-state index in [-0.39, 0.29) is 15.2 Å². The molecule has 0 aliphatic heterocycles. The summed E-state index contributed by atoms with van der Waals surface area (Å²) in [6.45, 7) is 4.47. The molecule has 0 unspecified atom stereocenters. The third-order valence-corrected chi connectivity index (χ3v) is 6.59. The van der Waals surface area contributed by atoms with Crippen molar-refractivity contribution < 1.29 is 21.6 Å². The van der Waals surface area contributed by atoms with Crippen molar-refractivity contribution >= 4 is 26.3 Å². The summed E-state index contributed by atoms with van der Waals surface area (Å²) in [5.74, 6) is 0. The predicted molar refractivity (Wildman–Crippen MR) is 72.5 cm³/mol. The molecule has 1 rings (SSSR count). The Kier molecular flexibility index (Phi) is 4.82. The molecule has 1 aromatic rings. The van der Waals surface area contributed by atoms with Crippen molar-refractivity contribution in [2.75, 3.05) is 6.54 Å². The molecule has 1 aromatic carbocycles. The average molecular weight is 318 g/mol. The van der Waals surface area contributed by atoms with Gasteiger partial charge in [0, 0.05) is 6.54 Å². The first-order valence-corrected chi connectivity index (χ1v) is 8.44. The SMILES string of the molecule is CCN(S(=O)(=O)N=C=O)S(=O)(=O)c1ccc(C)c(C)c1. The zero-order valence-electron chi connectivity index (χ0n) is 11.2. The summed E-state index contributed by atoms with van der Waals surface area (Å²) in [4.78, 5) is 9.94. The summed E-state index contributed by atoms with van der Waals surface area (Å²) in [7, 11) is -8.90. The molecule has 0 heterocycles. The molecular weight excluding hydrogens is 304 g/mol. The number of aryl methyl sites for hydroxylation is 2. The van der Waals surface area contributed by atoms with Gasteiger partial charge >= 0.3 is 10.2 Å². The number of rotatable bonds is 5. The van der Waals surface area contributed by atoms with Crippen molar-refractivity contribution in [3.05, 3.63) is 29.3 Å². The fourth-order valence-corrected chi connectivity index (χ4v) is 4.54. The molecular formula is C11H14N2O5S2. The standard InChI is InChI=1S/C11H14N2O5S2/c1-4-13(20(17,18)12-8-14)19(15,16)11-6-5-9(2)10(3)7-11/h5-7H,4H2,1-3H3. The van der Waals surface area contributed by atoms with Crippen molar-refractivity contribution in [3.8, 4) is 0 Å². The topological polar surface area (TPSA) is 101 Å². The van der Waals surface area contributed by atoms with Gasteiger partial charge in [0.1, 0.15) is 0 Å². The van der Waals surface area contributed by atoms with E-state index in [2.05, 4.69) is 4.40 Å². The Morgan fingerprint density at radius 3 is 2.20 bits per heavy atom. The van der Waals surface area contributed by atoms with E-state index in [0.717, 1.165) is 11.6 Å². The highest BCUT2D eigenvalue weighted by atomic mass is 32.3. The van der Waals surface area contributed by atoms with Crippen LogP contribution in [0.2, 0.25) is 0 Å². The van der Waals surface area contributed by atoms with Crippen LogP contribution in [0.15, 0.2) is 27.5 Å². The number of carbonyl (C=O) groups excluding carboxylic acids is 1. The van der Waals surface area contributed by atoms with E-state index in [1.54, 1.807) is 19.9 Å². The van der Waals surface area contributed by atoms with Gasteiger partial charge in [-0.3, -0.25) is 0 Å². The van der Waals surface area contributed by atoms with E-state index in [1.165, 1.54) is 19.1 Å². The molecule has 0 spiro atoms. The lowest BCUT2D eigenvalue weighted by atomic mass is 10.1. The zero-order valence-corrected chi connectivity index (χ0v) is 12.8. The van der Waals surface area contributed by atoms with Crippen molar-refractivity contribution in [2.24, 2.45) is 4.40 Å². The summed E-state index contributed by atoms with van der Waals surface area (Å²) in [5.41, 5.74) is 1.58. The summed E-state index contributed by atoms with van der Waals surface area (Å²) in [6.07, 6.45) is 0.848. The highest BCUT2D eigenvalue weighted by Crippen LogP contribution is 2.21. The lowest BCUT2D eigenvalue weighted by Gasteiger charge is -2.17. The van der Waals surface area contributed by atoms with Gasteiger partial charge < -0.3 is 0 Å². The van der Waals surface area contributed by atoms with Crippen LogP contribution in [0, 0.1) is 13.8 Å². The summed E-state index contributed by atoms with van der Waals surface area (Å²) >= 11 is 0. The highest BCUT2D eigenvalue weighted by molar-refractivity contribution is 8.03. The van der Waals surface area contributed by atoms with Gasteiger partial charge in [-0.05, 0) is 37.1 Å². The molecule has 9 heteroatoms. The van der Waals surface area contributed by atoms with Gasteiger partial charge in [-0.1, -0.05) is 21.1 Å². The van der Waals surface area contributed by atoms with Crippen LogP contribution in [-0.2, 0) is 25.0 Å². The van der Waals surface area contributed by atoms with Gasteiger partial charge in [-0.25, -0.2) is 13.2 Å². The largest absolute Gasteiger partial charge is 0.346 e. The second-order valence-corrected chi connectivity index (χ2v) is 7.61. The number of hydrogen-bond acceptors (Lipinski definition) is 5. The fraction of sp³-hybridized carbons (Fsp3) is 0.364. The van der Waals surface area contributed by atoms with Crippen LogP contribution in [-0.4, -0.2) is 33.2 Å². The maximum Gasteiger partial charge on any atom is 0.346 e. The summed E-state index contributed by atoms with van der Waals surface area (Å²) in [5, 5.41) is 0. The molecule has 0 saturated heterocycles. The van der Waals surface area contributed by atoms with Crippen molar-refractivity contribution in [2.45, 2.75) is 25.7 Å². The normalized spacial score (nSPS) is 12.2. The molecule has 0 aliphatic carbocycles. The molecule has 0 fully saturated rings. The van der Waals surface area contributed by atoms with Crippen LogP contribution in [0.3, 0.4) is 0 Å². The van der Waals surface area contributed by atoms with E-state index in [4.69, 9.17) is 0 Å². The quantitative estimate of drug-likeness (QED) is 0.593. The Balaban J connectivity index is 3.47. The minimum absolute atomic E-state index is 0.162. The van der Waals surface area contributed by atoms with Gasteiger partial charge in [0.15, 0.2) is 0 Å². The molecule has 7 nitrogen and oxygen atoms in total. The number of isocyanates is 1. The minimum atomic E-state index is -4.60. The molecule has 110 valence electrons. The Bertz CT molecular complexity index is 762. The molecule has 0 aliphatic rings. The average Bonchev–Trinajstić information content (AvgIpc) is 2.32. The van der Waals surface area contributed by atoms with Gasteiger partial charge in [0.2, 0.25) is 0 Å². The van der Waals surface area contributed by atoms with Crippen molar-refractivity contribution in [3.63, 3.8) is 0 Å². The second-order valence-electron chi connectivity index (χ2n) is 4.00. The fourth-order valence-electron chi connectivity index (χ4n) is 1.54. The van der Waals surface area contributed by atoms with E-state index >= 15 is 0 Å². The molecule has 0 aromatic heterocycles. The third kappa shape index (κ3) is 3.13. The van der Waals surface area contributed by atoms with Gasteiger partial charge in [0.05, 0.1) is 4.90 Å². The molecule has 0 amide bonds. The van der Waals surface area contributed by atoms with E-state index in [0.29, 0.717) is 5.56 Å². The smallest absolute Gasteiger partial charge is 0.210 e. The molecule has 0 atom stereocenters. The number of benzene rings is 1. The Hall–Kier alpha value is -1.54. The van der Waals surface area contributed by atoms with E-state index in [1.807, 2.05) is 0 Å². The lowest BCUT2D eigenvalue weighted by Crippen LogP contribution is -2.35. The number of sulfonamides is 1. The Morgan fingerprint density at radius 2 is 1.75 bits per heavy atom. The van der Waals surface area contributed by atoms with Gasteiger partial charge in [0.25, 0.3) is 16.1 Å². The maximum absolute atomic E-state index is 12.3. The number of nitrogens with zero attached hydrogens (tertiary/aromatic N) is 2. The summed E-state index contributed by atoms with van der Waals surface area (Å²) < 4.78 is 50.6. The third-order valence-electron chi connectivity index (χ3n) is 2.71. The van der Waals surface area contributed by atoms with Gasteiger partial charge in [-0.2, -0.15) is 8.42 Å². The maximum atomic E-state index is 12.3. The summed E-state index contributed by atoms with van der Waals surface area (Å²) in [6, 6.07) is 4.25. The first kappa shape index (κ1) is 16.5.